The van der Waals surface area contributed by atoms with Crippen LogP contribution in [0.1, 0.15) is 21.6 Å². The Balaban J connectivity index is 2.08. The predicted octanol–water partition coefficient (Wildman–Crippen LogP) is 1.33. The third-order valence-electron chi connectivity index (χ3n) is 3.24. The van der Waals surface area contributed by atoms with Gasteiger partial charge in [0.2, 0.25) is 0 Å². The van der Waals surface area contributed by atoms with Crippen LogP contribution in [0.2, 0.25) is 0 Å². The number of hydrogen-bond acceptors (Lipinski definition) is 5. The maximum atomic E-state index is 12.2. The number of ether oxygens (including phenoxy) is 1. The van der Waals surface area contributed by atoms with Crippen LogP contribution in [0.3, 0.4) is 0 Å². The molecule has 2 rings (SSSR count). The summed E-state index contributed by atoms with van der Waals surface area (Å²) >= 11 is 1.38. The van der Waals surface area contributed by atoms with E-state index in [9.17, 15) is 9.59 Å². The highest BCUT2D eigenvalue weighted by atomic mass is 32.1. The lowest BCUT2D eigenvalue weighted by Gasteiger charge is -2.14. The number of likely N-dealkylation sites (tertiary alicyclic amines) is 1. The molecule has 5 nitrogen and oxygen atoms in total. The Bertz CT molecular complexity index is 472. The van der Waals surface area contributed by atoms with Crippen molar-refractivity contribution in [2.24, 2.45) is 11.8 Å². The van der Waals surface area contributed by atoms with Crippen molar-refractivity contribution in [3.05, 3.63) is 16.1 Å². The van der Waals surface area contributed by atoms with E-state index in [4.69, 9.17) is 4.74 Å². The first-order valence-corrected chi connectivity index (χ1v) is 6.64. The van der Waals surface area contributed by atoms with Gasteiger partial charge in [0.05, 0.1) is 24.2 Å². The average Bonchev–Trinajstić information content (AvgIpc) is 2.94. The molecule has 0 N–H and O–H groups in total. The molecular formula is C12H16N2O3S. The number of hydrogen-bond donors (Lipinski definition) is 0. The SMILES string of the molecule is COC(=O)C1CN(C(=O)c2cnc(C)s2)CC1C. The molecular weight excluding hydrogens is 252 g/mol. The van der Waals surface area contributed by atoms with E-state index >= 15 is 0 Å². The van der Waals surface area contributed by atoms with Crippen LogP contribution in [0.25, 0.3) is 0 Å². The lowest BCUT2D eigenvalue weighted by molar-refractivity contribution is -0.145. The second kappa shape index (κ2) is 5.06. The Morgan fingerprint density at radius 1 is 1.50 bits per heavy atom. The van der Waals surface area contributed by atoms with E-state index in [1.165, 1.54) is 18.4 Å². The molecule has 2 heterocycles. The highest BCUT2D eigenvalue weighted by molar-refractivity contribution is 7.13. The van der Waals surface area contributed by atoms with Crippen molar-refractivity contribution in [3.8, 4) is 0 Å². The minimum Gasteiger partial charge on any atom is -0.469 e. The monoisotopic (exact) mass is 268 g/mol. The zero-order chi connectivity index (χ0) is 13.3. The lowest BCUT2D eigenvalue weighted by atomic mass is 9.99. The van der Waals surface area contributed by atoms with Crippen LogP contribution in [0.15, 0.2) is 6.20 Å². The van der Waals surface area contributed by atoms with E-state index in [0.29, 0.717) is 18.0 Å². The van der Waals surface area contributed by atoms with Crippen LogP contribution >= 0.6 is 11.3 Å². The van der Waals surface area contributed by atoms with Crippen LogP contribution in [0.4, 0.5) is 0 Å². The fourth-order valence-electron chi connectivity index (χ4n) is 2.21. The third kappa shape index (κ3) is 2.38. The first-order chi connectivity index (χ1) is 8.52. The zero-order valence-corrected chi connectivity index (χ0v) is 11.5. The number of aromatic nitrogens is 1. The Morgan fingerprint density at radius 2 is 2.22 bits per heavy atom. The molecule has 1 aliphatic heterocycles. The number of carbonyl (C=O) groups is 2. The molecule has 0 radical (unpaired) electrons. The van der Waals surface area contributed by atoms with Gasteiger partial charge in [-0.05, 0) is 12.8 Å². The first-order valence-electron chi connectivity index (χ1n) is 5.82. The van der Waals surface area contributed by atoms with Crippen molar-refractivity contribution >= 4 is 23.2 Å². The van der Waals surface area contributed by atoms with E-state index in [1.807, 2.05) is 13.8 Å². The van der Waals surface area contributed by atoms with Gasteiger partial charge in [0.15, 0.2) is 0 Å². The number of rotatable bonds is 2. The fourth-order valence-corrected chi connectivity index (χ4v) is 2.95. The van der Waals surface area contributed by atoms with E-state index < -0.39 is 0 Å². The highest BCUT2D eigenvalue weighted by Crippen LogP contribution is 2.26. The molecule has 6 heteroatoms. The second-order valence-corrected chi connectivity index (χ2v) is 5.80. The van der Waals surface area contributed by atoms with Crippen molar-refractivity contribution in [2.45, 2.75) is 13.8 Å². The van der Waals surface area contributed by atoms with Crippen LogP contribution < -0.4 is 0 Å². The van der Waals surface area contributed by atoms with Gasteiger partial charge in [-0.25, -0.2) is 4.98 Å². The number of methoxy groups -OCH3 is 1. The van der Waals surface area contributed by atoms with Crippen molar-refractivity contribution < 1.29 is 14.3 Å². The second-order valence-electron chi connectivity index (χ2n) is 4.56. The maximum Gasteiger partial charge on any atom is 0.310 e. The quantitative estimate of drug-likeness (QED) is 0.759. The molecule has 1 fully saturated rings. The van der Waals surface area contributed by atoms with E-state index in [2.05, 4.69) is 4.98 Å². The van der Waals surface area contributed by atoms with Gasteiger partial charge in [0, 0.05) is 13.1 Å². The third-order valence-corrected chi connectivity index (χ3v) is 4.14. The van der Waals surface area contributed by atoms with E-state index in [0.717, 1.165) is 5.01 Å². The summed E-state index contributed by atoms with van der Waals surface area (Å²) in [6.45, 7) is 4.86. The number of thiazole rings is 1. The molecule has 98 valence electrons. The van der Waals surface area contributed by atoms with Gasteiger partial charge in [-0.15, -0.1) is 11.3 Å². The summed E-state index contributed by atoms with van der Waals surface area (Å²) in [4.78, 5) is 30.2. The molecule has 0 aromatic carbocycles. The molecule has 18 heavy (non-hydrogen) atoms. The number of esters is 1. The summed E-state index contributed by atoms with van der Waals surface area (Å²) < 4.78 is 4.76. The zero-order valence-electron chi connectivity index (χ0n) is 10.7. The summed E-state index contributed by atoms with van der Waals surface area (Å²) in [6.07, 6.45) is 1.60. The molecule has 1 aromatic rings. The van der Waals surface area contributed by atoms with Gasteiger partial charge in [-0.3, -0.25) is 9.59 Å². The number of aryl methyl sites for hydroxylation is 1. The highest BCUT2D eigenvalue weighted by Gasteiger charge is 2.38. The lowest BCUT2D eigenvalue weighted by Crippen LogP contribution is -2.29. The number of nitrogens with zero attached hydrogens (tertiary/aromatic N) is 2. The molecule has 2 atom stereocenters. The molecule has 1 saturated heterocycles. The van der Waals surface area contributed by atoms with Gasteiger partial charge in [0.1, 0.15) is 4.88 Å². The summed E-state index contributed by atoms with van der Waals surface area (Å²) in [7, 11) is 1.38. The maximum absolute atomic E-state index is 12.2. The fraction of sp³-hybridized carbons (Fsp3) is 0.583. The molecule has 1 amide bonds. The smallest absolute Gasteiger partial charge is 0.310 e. The standard InChI is InChI=1S/C12H16N2O3S/c1-7-5-14(6-9(7)12(16)17-3)11(15)10-4-13-8(2)18-10/h4,7,9H,5-6H2,1-3H3. The van der Waals surface area contributed by atoms with Crippen LogP contribution in [-0.2, 0) is 9.53 Å². The van der Waals surface area contributed by atoms with Gasteiger partial charge in [-0.1, -0.05) is 6.92 Å². The van der Waals surface area contributed by atoms with Crippen molar-refractivity contribution in [3.63, 3.8) is 0 Å². The number of carbonyl (C=O) groups excluding carboxylic acids is 2. The average molecular weight is 268 g/mol. The molecule has 1 aliphatic rings. The van der Waals surface area contributed by atoms with Gasteiger partial charge in [-0.2, -0.15) is 0 Å². The molecule has 0 bridgehead atoms. The van der Waals surface area contributed by atoms with E-state index in [-0.39, 0.29) is 23.7 Å². The Hall–Kier alpha value is -1.43. The molecule has 0 aliphatic carbocycles. The van der Waals surface area contributed by atoms with Crippen LogP contribution in [0.5, 0.6) is 0 Å². The van der Waals surface area contributed by atoms with Gasteiger partial charge < -0.3 is 9.64 Å². The predicted molar refractivity (Wildman–Crippen MR) is 67.4 cm³/mol. The normalized spacial score (nSPS) is 23.2. The molecule has 2 unspecified atom stereocenters. The van der Waals surface area contributed by atoms with Crippen LogP contribution in [0, 0.1) is 18.8 Å². The largest absolute Gasteiger partial charge is 0.469 e. The summed E-state index contributed by atoms with van der Waals surface area (Å²) in [5.74, 6) is -0.361. The summed E-state index contributed by atoms with van der Waals surface area (Å²) in [5, 5.41) is 0.870. The van der Waals surface area contributed by atoms with Crippen molar-refractivity contribution in [1.29, 1.82) is 0 Å². The summed E-state index contributed by atoms with van der Waals surface area (Å²) in [5.41, 5.74) is 0. The Kier molecular flexibility index (Phi) is 3.65. The minimum atomic E-state index is -0.238. The Morgan fingerprint density at radius 3 is 2.78 bits per heavy atom. The number of amides is 1. The van der Waals surface area contributed by atoms with Gasteiger partial charge in [0.25, 0.3) is 5.91 Å². The topological polar surface area (TPSA) is 59.5 Å². The minimum absolute atomic E-state index is 0.0427. The summed E-state index contributed by atoms with van der Waals surface area (Å²) in [6, 6.07) is 0. The van der Waals surface area contributed by atoms with E-state index in [1.54, 1.807) is 11.1 Å². The molecule has 0 spiro atoms. The molecule has 0 saturated carbocycles. The first kappa shape index (κ1) is 13.0. The Labute approximate surface area is 110 Å². The van der Waals surface area contributed by atoms with Crippen molar-refractivity contribution in [2.75, 3.05) is 20.2 Å². The van der Waals surface area contributed by atoms with Gasteiger partial charge >= 0.3 is 5.97 Å². The van der Waals surface area contributed by atoms with Crippen molar-refractivity contribution in [1.82, 2.24) is 9.88 Å². The van der Waals surface area contributed by atoms with Crippen LogP contribution in [-0.4, -0.2) is 42.0 Å². The molecule has 1 aromatic heterocycles.